The van der Waals surface area contributed by atoms with Crippen molar-refractivity contribution in [3.8, 4) is 0 Å². The number of hydrogen-bond acceptors (Lipinski definition) is 6. The van der Waals surface area contributed by atoms with Gasteiger partial charge in [0.2, 0.25) is 0 Å². The maximum absolute atomic E-state index is 11.3. The molecule has 0 bridgehead atoms. The van der Waals surface area contributed by atoms with Crippen LogP contribution in [0.5, 0.6) is 0 Å². The van der Waals surface area contributed by atoms with Crippen LogP contribution in [0.4, 0.5) is 11.4 Å². The zero-order valence-electron chi connectivity index (χ0n) is 14.0. The molecule has 24 heavy (non-hydrogen) atoms. The third kappa shape index (κ3) is 2.68. The predicted octanol–water partition coefficient (Wildman–Crippen LogP) is 3.69. The molecule has 2 aromatic heterocycles. The second kappa shape index (κ2) is 5.92. The van der Waals surface area contributed by atoms with Gasteiger partial charge in [-0.3, -0.25) is 10.1 Å². The highest BCUT2D eigenvalue weighted by molar-refractivity contribution is 5.97. The molecule has 0 spiro atoms. The van der Waals surface area contributed by atoms with Crippen molar-refractivity contribution < 1.29 is 9.45 Å². The van der Waals surface area contributed by atoms with E-state index in [4.69, 9.17) is 4.52 Å². The molecule has 2 heterocycles. The molecule has 1 aromatic carbocycles. The maximum Gasteiger partial charge on any atom is 0.295 e. The first kappa shape index (κ1) is 15.9. The van der Waals surface area contributed by atoms with E-state index in [1.807, 2.05) is 44.9 Å². The van der Waals surface area contributed by atoms with Crippen molar-refractivity contribution in [2.75, 3.05) is 11.9 Å². The minimum Gasteiger partial charge on any atom is -0.369 e. The van der Waals surface area contributed by atoms with Gasteiger partial charge >= 0.3 is 0 Å². The molecule has 0 aliphatic rings. The number of benzene rings is 1. The number of rotatable bonds is 4. The fourth-order valence-corrected chi connectivity index (χ4v) is 2.85. The van der Waals surface area contributed by atoms with Crippen molar-refractivity contribution >= 4 is 22.3 Å². The highest BCUT2D eigenvalue weighted by Gasteiger charge is 2.19. The van der Waals surface area contributed by atoms with Gasteiger partial charge in [-0.1, -0.05) is 17.3 Å². The Hall–Kier alpha value is -2.96. The molecule has 7 nitrogen and oxygen atoms in total. The van der Waals surface area contributed by atoms with Gasteiger partial charge in [0.05, 0.1) is 10.6 Å². The zero-order chi connectivity index (χ0) is 17.4. The first-order valence-electron chi connectivity index (χ1n) is 7.56. The summed E-state index contributed by atoms with van der Waals surface area (Å²) in [5.41, 5.74) is 3.91. The van der Waals surface area contributed by atoms with E-state index < -0.39 is 4.92 Å². The van der Waals surface area contributed by atoms with Crippen molar-refractivity contribution in [3.63, 3.8) is 0 Å². The summed E-state index contributed by atoms with van der Waals surface area (Å²) in [6.45, 7) is 6.22. The number of fused-ring (bicyclic) bond motifs is 1. The summed E-state index contributed by atoms with van der Waals surface area (Å²) < 4.78 is 5.22. The van der Waals surface area contributed by atoms with Crippen molar-refractivity contribution in [1.82, 2.24) is 10.1 Å². The summed E-state index contributed by atoms with van der Waals surface area (Å²) in [5, 5.41) is 16.0. The van der Waals surface area contributed by atoms with Crippen LogP contribution in [0, 0.1) is 30.9 Å². The fourth-order valence-electron chi connectivity index (χ4n) is 2.85. The molecule has 0 N–H and O–H groups in total. The van der Waals surface area contributed by atoms with Crippen molar-refractivity contribution in [3.05, 3.63) is 57.1 Å². The van der Waals surface area contributed by atoms with Crippen LogP contribution in [-0.2, 0) is 6.54 Å². The first-order valence-corrected chi connectivity index (χ1v) is 7.56. The third-order valence-electron chi connectivity index (χ3n) is 4.11. The lowest BCUT2D eigenvalue weighted by molar-refractivity contribution is -0.383. The van der Waals surface area contributed by atoms with Gasteiger partial charge in [-0.25, -0.2) is 4.98 Å². The Bertz CT molecular complexity index is 913. The standard InChI is InChI=1S/C17H18N4O3/c1-10-8-16(20(4)9-14-11(2)19-24-12(14)3)13-6-5-7-15(21(22)23)17(13)18-10/h5-8H,9H2,1-4H3. The lowest BCUT2D eigenvalue weighted by atomic mass is 10.1. The molecule has 3 rings (SSSR count). The Morgan fingerprint density at radius 1 is 1.29 bits per heavy atom. The van der Waals surface area contributed by atoms with Gasteiger partial charge in [0.25, 0.3) is 5.69 Å². The number of aromatic nitrogens is 2. The molecule has 7 heteroatoms. The number of aryl methyl sites for hydroxylation is 3. The number of non-ortho nitro benzene ring substituents is 1. The van der Waals surface area contributed by atoms with Crippen LogP contribution in [-0.4, -0.2) is 22.1 Å². The Morgan fingerprint density at radius 2 is 2.04 bits per heavy atom. The Kier molecular flexibility index (Phi) is 3.92. The molecule has 0 unspecified atom stereocenters. The quantitative estimate of drug-likeness (QED) is 0.537. The Labute approximate surface area is 139 Å². The summed E-state index contributed by atoms with van der Waals surface area (Å²) in [4.78, 5) is 17.3. The van der Waals surface area contributed by atoms with Crippen LogP contribution in [0.3, 0.4) is 0 Å². The number of nitro groups is 1. The monoisotopic (exact) mass is 326 g/mol. The summed E-state index contributed by atoms with van der Waals surface area (Å²) in [6.07, 6.45) is 0. The molecular weight excluding hydrogens is 308 g/mol. The summed E-state index contributed by atoms with van der Waals surface area (Å²) in [6, 6.07) is 6.95. The molecule has 0 atom stereocenters. The van der Waals surface area contributed by atoms with Crippen molar-refractivity contribution in [2.45, 2.75) is 27.3 Å². The van der Waals surface area contributed by atoms with E-state index in [0.717, 1.165) is 33.8 Å². The summed E-state index contributed by atoms with van der Waals surface area (Å²) in [7, 11) is 1.94. The van der Waals surface area contributed by atoms with Crippen molar-refractivity contribution in [1.29, 1.82) is 0 Å². The van der Waals surface area contributed by atoms with Crippen LogP contribution >= 0.6 is 0 Å². The first-order chi connectivity index (χ1) is 11.4. The number of pyridine rings is 1. The summed E-state index contributed by atoms with van der Waals surface area (Å²) in [5.74, 6) is 0.778. The van der Waals surface area contributed by atoms with Crippen LogP contribution in [0.1, 0.15) is 22.7 Å². The number of anilines is 1. The minimum absolute atomic E-state index is 0.0168. The number of nitrogens with zero attached hydrogens (tertiary/aromatic N) is 4. The molecule has 0 fully saturated rings. The van der Waals surface area contributed by atoms with Gasteiger partial charge in [-0.2, -0.15) is 0 Å². The second-order valence-electron chi connectivity index (χ2n) is 5.87. The number of para-hydroxylation sites is 1. The van der Waals surface area contributed by atoms with Crippen LogP contribution in [0.25, 0.3) is 10.9 Å². The van der Waals surface area contributed by atoms with E-state index in [9.17, 15) is 10.1 Å². The predicted molar refractivity (Wildman–Crippen MR) is 91.2 cm³/mol. The van der Waals surface area contributed by atoms with Gasteiger partial charge in [0.15, 0.2) is 5.52 Å². The largest absolute Gasteiger partial charge is 0.369 e. The molecule has 0 radical (unpaired) electrons. The molecule has 124 valence electrons. The molecule has 0 saturated carbocycles. The highest BCUT2D eigenvalue weighted by Crippen LogP contribution is 2.32. The number of nitro benzene ring substituents is 1. The topological polar surface area (TPSA) is 85.3 Å². The van der Waals surface area contributed by atoms with E-state index in [2.05, 4.69) is 10.1 Å². The smallest absolute Gasteiger partial charge is 0.295 e. The SMILES string of the molecule is Cc1cc(N(C)Cc2c(C)noc2C)c2cccc([N+](=O)[O-])c2n1. The fraction of sp³-hybridized carbons (Fsp3) is 0.294. The van der Waals surface area contributed by atoms with E-state index in [1.54, 1.807) is 6.07 Å². The second-order valence-corrected chi connectivity index (χ2v) is 5.87. The summed E-state index contributed by atoms with van der Waals surface area (Å²) >= 11 is 0. The van der Waals surface area contributed by atoms with Gasteiger partial charge in [-0.05, 0) is 26.8 Å². The van der Waals surface area contributed by atoms with Gasteiger partial charge in [-0.15, -0.1) is 0 Å². The number of hydrogen-bond donors (Lipinski definition) is 0. The van der Waals surface area contributed by atoms with Crippen LogP contribution in [0.2, 0.25) is 0 Å². The van der Waals surface area contributed by atoms with Crippen LogP contribution in [0.15, 0.2) is 28.8 Å². The van der Waals surface area contributed by atoms with Gasteiger partial charge in [0, 0.05) is 42.0 Å². The van der Waals surface area contributed by atoms with E-state index in [1.165, 1.54) is 6.07 Å². The Balaban J connectivity index is 2.12. The molecule has 0 amide bonds. The van der Waals surface area contributed by atoms with Gasteiger partial charge < -0.3 is 9.42 Å². The van der Waals surface area contributed by atoms with E-state index in [0.29, 0.717) is 12.1 Å². The third-order valence-corrected chi connectivity index (χ3v) is 4.11. The average molecular weight is 326 g/mol. The molecule has 0 aliphatic carbocycles. The zero-order valence-corrected chi connectivity index (χ0v) is 14.0. The average Bonchev–Trinajstić information content (AvgIpc) is 2.85. The molecular formula is C17H18N4O3. The normalized spacial score (nSPS) is 11.0. The lowest BCUT2D eigenvalue weighted by Crippen LogP contribution is -2.18. The maximum atomic E-state index is 11.3. The van der Waals surface area contributed by atoms with Crippen LogP contribution < -0.4 is 4.90 Å². The van der Waals surface area contributed by atoms with E-state index >= 15 is 0 Å². The highest BCUT2D eigenvalue weighted by atomic mass is 16.6. The Morgan fingerprint density at radius 3 is 2.67 bits per heavy atom. The van der Waals surface area contributed by atoms with Crippen molar-refractivity contribution in [2.24, 2.45) is 0 Å². The van der Waals surface area contributed by atoms with E-state index in [-0.39, 0.29) is 5.69 Å². The lowest BCUT2D eigenvalue weighted by Gasteiger charge is -2.21. The molecule has 0 saturated heterocycles. The molecule has 3 aromatic rings. The van der Waals surface area contributed by atoms with Gasteiger partial charge in [0.1, 0.15) is 5.76 Å². The minimum atomic E-state index is -0.396. The molecule has 0 aliphatic heterocycles.